The lowest BCUT2D eigenvalue weighted by Gasteiger charge is -1.96. The molecule has 18 heavy (non-hydrogen) atoms. The van der Waals surface area contributed by atoms with E-state index in [1.54, 1.807) is 24.3 Å². The van der Waals surface area contributed by atoms with E-state index in [0.717, 1.165) is 11.3 Å². The third-order valence-electron chi connectivity index (χ3n) is 2.49. The van der Waals surface area contributed by atoms with Crippen molar-refractivity contribution in [2.45, 2.75) is 6.92 Å². The average molecular weight is 258 g/mol. The molecule has 0 saturated carbocycles. The monoisotopic (exact) mass is 257 g/mol. The van der Waals surface area contributed by atoms with Crippen molar-refractivity contribution in [2.24, 2.45) is 4.99 Å². The van der Waals surface area contributed by atoms with Crippen LogP contribution in [0.1, 0.15) is 15.9 Å². The Kier molecular flexibility index (Phi) is 3.90. The number of ketones is 1. The van der Waals surface area contributed by atoms with Gasteiger partial charge < -0.3 is 0 Å². The number of carbonyl (C=O) groups is 1. The summed E-state index contributed by atoms with van der Waals surface area (Å²) >= 11 is 5.76. The van der Waals surface area contributed by atoms with E-state index in [-0.39, 0.29) is 5.78 Å². The molecule has 0 bridgehead atoms. The number of aryl methyl sites for hydroxylation is 1. The molecule has 3 heteroatoms. The summed E-state index contributed by atoms with van der Waals surface area (Å²) in [6, 6.07) is 14.4. The first-order valence-electron chi connectivity index (χ1n) is 5.56. The number of nitrogens with zero attached hydrogens (tertiary/aromatic N) is 1. The molecule has 0 amide bonds. The van der Waals surface area contributed by atoms with E-state index >= 15 is 0 Å². The first-order valence-corrected chi connectivity index (χ1v) is 5.93. The van der Waals surface area contributed by atoms with Crippen molar-refractivity contribution in [3.8, 4) is 0 Å². The van der Waals surface area contributed by atoms with Crippen LogP contribution in [0.5, 0.6) is 0 Å². The molecule has 0 spiro atoms. The van der Waals surface area contributed by atoms with Gasteiger partial charge in [-0.05, 0) is 43.3 Å². The molecule has 2 aromatic rings. The molecular weight excluding hydrogens is 246 g/mol. The van der Waals surface area contributed by atoms with Crippen molar-refractivity contribution in [1.82, 2.24) is 0 Å². The molecule has 0 fully saturated rings. The standard InChI is InChI=1S/C15H12ClNO/c1-11-2-8-14(9-3-11)17-10-15(18)12-4-6-13(16)7-5-12/h2-10H,1H3. The lowest BCUT2D eigenvalue weighted by molar-refractivity contribution is 0.107. The minimum atomic E-state index is -0.132. The van der Waals surface area contributed by atoms with Gasteiger partial charge in [0.15, 0.2) is 0 Å². The van der Waals surface area contributed by atoms with Crippen LogP contribution < -0.4 is 0 Å². The molecule has 0 aliphatic carbocycles. The molecule has 0 aliphatic heterocycles. The Hall–Kier alpha value is -1.93. The van der Waals surface area contributed by atoms with Gasteiger partial charge in [-0.25, -0.2) is 0 Å². The zero-order valence-electron chi connectivity index (χ0n) is 9.93. The van der Waals surface area contributed by atoms with E-state index < -0.39 is 0 Å². The smallest absolute Gasteiger partial charge is 0.204 e. The van der Waals surface area contributed by atoms with Gasteiger partial charge in [-0.15, -0.1) is 0 Å². The second-order valence-electron chi connectivity index (χ2n) is 3.96. The van der Waals surface area contributed by atoms with E-state index in [2.05, 4.69) is 4.99 Å². The van der Waals surface area contributed by atoms with Crippen molar-refractivity contribution in [3.63, 3.8) is 0 Å². The molecule has 2 nitrogen and oxygen atoms in total. The highest BCUT2D eigenvalue weighted by molar-refractivity contribution is 6.36. The summed E-state index contributed by atoms with van der Waals surface area (Å²) in [6.45, 7) is 2.01. The van der Waals surface area contributed by atoms with Crippen LogP contribution in [-0.2, 0) is 0 Å². The summed E-state index contributed by atoms with van der Waals surface area (Å²) in [5.41, 5.74) is 2.51. The fraction of sp³-hybridized carbons (Fsp3) is 0.0667. The number of hydrogen-bond donors (Lipinski definition) is 0. The molecule has 0 N–H and O–H groups in total. The van der Waals surface area contributed by atoms with E-state index in [1.807, 2.05) is 31.2 Å². The minimum absolute atomic E-state index is 0.132. The predicted octanol–water partition coefficient (Wildman–Crippen LogP) is 4.23. The molecule has 0 aliphatic rings. The first kappa shape index (κ1) is 12.5. The molecule has 0 saturated heterocycles. The van der Waals surface area contributed by atoms with Gasteiger partial charge in [-0.1, -0.05) is 29.3 Å². The number of benzene rings is 2. The Morgan fingerprint density at radius 3 is 2.28 bits per heavy atom. The van der Waals surface area contributed by atoms with E-state index in [1.165, 1.54) is 6.21 Å². The van der Waals surface area contributed by atoms with Crippen molar-refractivity contribution < 1.29 is 4.79 Å². The molecule has 90 valence electrons. The summed E-state index contributed by atoms with van der Waals surface area (Å²) in [4.78, 5) is 15.9. The average Bonchev–Trinajstić information content (AvgIpc) is 2.38. The van der Waals surface area contributed by atoms with Gasteiger partial charge in [0.1, 0.15) is 0 Å². The van der Waals surface area contributed by atoms with E-state index in [9.17, 15) is 4.79 Å². The molecule has 2 aromatic carbocycles. The Morgan fingerprint density at radius 1 is 1.06 bits per heavy atom. The summed E-state index contributed by atoms with van der Waals surface area (Å²) in [5, 5.41) is 0.613. The van der Waals surface area contributed by atoms with Gasteiger partial charge in [0.05, 0.1) is 11.9 Å². The van der Waals surface area contributed by atoms with Gasteiger partial charge in [-0.3, -0.25) is 9.79 Å². The van der Waals surface area contributed by atoms with Crippen LogP contribution in [0.15, 0.2) is 53.5 Å². The van der Waals surface area contributed by atoms with Crippen LogP contribution in [0.4, 0.5) is 5.69 Å². The number of hydrogen-bond acceptors (Lipinski definition) is 2. The Bertz CT molecular complexity index is 570. The largest absolute Gasteiger partial charge is 0.288 e. The number of Topliss-reactive ketones (excluding diaryl/α,β-unsaturated/α-hetero) is 1. The van der Waals surface area contributed by atoms with Crippen molar-refractivity contribution in [2.75, 3.05) is 0 Å². The molecule has 2 rings (SSSR count). The maximum Gasteiger partial charge on any atom is 0.204 e. The van der Waals surface area contributed by atoms with Gasteiger partial charge in [0.25, 0.3) is 0 Å². The zero-order chi connectivity index (χ0) is 13.0. The fourth-order valence-corrected chi connectivity index (χ4v) is 1.58. The van der Waals surface area contributed by atoms with Crippen molar-refractivity contribution in [3.05, 3.63) is 64.7 Å². The van der Waals surface area contributed by atoms with E-state index in [4.69, 9.17) is 11.6 Å². The summed E-state index contributed by atoms with van der Waals surface area (Å²) in [5.74, 6) is -0.132. The van der Waals surface area contributed by atoms with Crippen molar-refractivity contribution in [1.29, 1.82) is 0 Å². The normalized spacial score (nSPS) is 10.8. The summed E-state index contributed by atoms with van der Waals surface area (Å²) in [7, 11) is 0. The highest BCUT2D eigenvalue weighted by Crippen LogP contribution is 2.13. The maximum absolute atomic E-state index is 11.8. The molecular formula is C15H12ClNO. The third kappa shape index (κ3) is 3.28. The van der Waals surface area contributed by atoms with Crippen molar-refractivity contribution >= 4 is 29.3 Å². The topological polar surface area (TPSA) is 29.4 Å². The maximum atomic E-state index is 11.8. The van der Waals surface area contributed by atoms with Gasteiger partial charge in [-0.2, -0.15) is 0 Å². The first-order chi connectivity index (χ1) is 8.65. The van der Waals surface area contributed by atoms with E-state index in [0.29, 0.717) is 10.6 Å². The number of halogens is 1. The molecule has 0 heterocycles. The SMILES string of the molecule is Cc1ccc(N=CC(=O)c2ccc(Cl)cc2)cc1. The molecule has 0 aromatic heterocycles. The Balaban J connectivity index is 2.11. The third-order valence-corrected chi connectivity index (χ3v) is 2.75. The summed E-state index contributed by atoms with van der Waals surface area (Å²) in [6.07, 6.45) is 1.33. The van der Waals surface area contributed by atoms with Crippen LogP contribution in [0.2, 0.25) is 5.02 Å². The number of rotatable bonds is 3. The second kappa shape index (κ2) is 5.61. The molecule has 0 radical (unpaired) electrons. The highest BCUT2D eigenvalue weighted by Gasteiger charge is 2.01. The zero-order valence-corrected chi connectivity index (χ0v) is 10.7. The van der Waals surface area contributed by atoms with Crippen LogP contribution in [0.3, 0.4) is 0 Å². The van der Waals surface area contributed by atoms with Gasteiger partial charge in [0, 0.05) is 10.6 Å². The lowest BCUT2D eigenvalue weighted by Crippen LogP contribution is -1.99. The van der Waals surface area contributed by atoms with Gasteiger partial charge >= 0.3 is 0 Å². The minimum Gasteiger partial charge on any atom is -0.288 e. The lowest BCUT2D eigenvalue weighted by atomic mass is 10.1. The summed E-state index contributed by atoms with van der Waals surface area (Å²) < 4.78 is 0. The quantitative estimate of drug-likeness (QED) is 0.598. The predicted molar refractivity (Wildman–Crippen MR) is 75.1 cm³/mol. The number of aliphatic imine (C=N–C) groups is 1. The van der Waals surface area contributed by atoms with Crippen LogP contribution in [-0.4, -0.2) is 12.0 Å². The van der Waals surface area contributed by atoms with Crippen LogP contribution in [0, 0.1) is 6.92 Å². The molecule has 0 atom stereocenters. The second-order valence-corrected chi connectivity index (χ2v) is 4.40. The van der Waals surface area contributed by atoms with Crippen LogP contribution in [0.25, 0.3) is 0 Å². The van der Waals surface area contributed by atoms with Crippen LogP contribution >= 0.6 is 11.6 Å². The van der Waals surface area contributed by atoms with Gasteiger partial charge in [0.2, 0.25) is 5.78 Å². The Labute approximate surface area is 111 Å². The highest BCUT2D eigenvalue weighted by atomic mass is 35.5. The number of carbonyl (C=O) groups excluding carboxylic acids is 1. The fourth-order valence-electron chi connectivity index (χ4n) is 1.45. The molecule has 0 unspecified atom stereocenters. The Morgan fingerprint density at radius 2 is 1.67 bits per heavy atom.